The molecule has 9 nitrogen and oxygen atoms in total. The van der Waals surface area contributed by atoms with Crippen LogP contribution in [0.3, 0.4) is 0 Å². The first-order valence-electron chi connectivity index (χ1n) is 15.4. The molecule has 0 saturated carbocycles. The van der Waals surface area contributed by atoms with Crippen molar-refractivity contribution < 1.29 is 23.9 Å². The van der Waals surface area contributed by atoms with Crippen LogP contribution in [0.1, 0.15) is 65.5 Å². The molecule has 3 unspecified atom stereocenters. The Hall–Kier alpha value is -4.48. The highest BCUT2D eigenvalue weighted by Crippen LogP contribution is 2.54. The summed E-state index contributed by atoms with van der Waals surface area (Å²) in [6.45, 7) is 9.98. The van der Waals surface area contributed by atoms with Crippen molar-refractivity contribution in [1.82, 2.24) is 4.57 Å². The molecule has 3 heterocycles. The smallest absolute Gasteiger partial charge is 0.338 e. The summed E-state index contributed by atoms with van der Waals surface area (Å²) in [5.74, 6) is -3.01. The van der Waals surface area contributed by atoms with Gasteiger partial charge in [-0.15, -0.1) is 0 Å². The predicted octanol–water partition coefficient (Wildman–Crippen LogP) is 6.13. The van der Waals surface area contributed by atoms with Gasteiger partial charge < -0.3 is 10.1 Å². The van der Waals surface area contributed by atoms with Gasteiger partial charge in [0.1, 0.15) is 11.8 Å². The molecule has 47 heavy (non-hydrogen) atoms. The van der Waals surface area contributed by atoms with Crippen molar-refractivity contribution in [2.45, 2.75) is 62.8 Å². The maximum atomic E-state index is 14.2. The number of imide groups is 1. The van der Waals surface area contributed by atoms with E-state index in [1.807, 2.05) is 49.4 Å². The van der Waals surface area contributed by atoms with Gasteiger partial charge in [0.2, 0.25) is 17.7 Å². The van der Waals surface area contributed by atoms with Crippen LogP contribution in [-0.2, 0) is 31.1 Å². The molecular weight excluding hydrogens is 635 g/mol. The number of carbonyl (C=O) groups excluding carboxylic acids is 4. The number of hydrogen-bond donors (Lipinski definition) is 1. The molecule has 3 amide bonds. The first-order chi connectivity index (χ1) is 22.4. The van der Waals surface area contributed by atoms with Crippen LogP contribution in [0.25, 0.3) is 0 Å². The van der Waals surface area contributed by atoms with Crippen LogP contribution in [0.5, 0.6) is 0 Å². The van der Waals surface area contributed by atoms with Gasteiger partial charge in [0.25, 0.3) is 0 Å². The maximum absolute atomic E-state index is 14.2. The molecule has 2 aliphatic heterocycles. The first kappa shape index (κ1) is 32.5. The van der Waals surface area contributed by atoms with E-state index in [0.29, 0.717) is 26.8 Å². The number of hydrogen-bond acceptors (Lipinski definition) is 8. The van der Waals surface area contributed by atoms with E-state index in [4.69, 9.17) is 4.74 Å². The lowest BCUT2D eigenvalue weighted by Gasteiger charge is -2.31. The van der Waals surface area contributed by atoms with Gasteiger partial charge in [-0.3, -0.25) is 23.7 Å². The standard InChI is InChI=1S/C36H35N3O6S2/c1-6-45-34(43)22-12-16-25(17-13-22)39-31(41)28-27(21-10-14-23(15-11-21)36(3,4)5)30-33(46-29(28)32(39)42)38(35(44)47-30)19-26(40)37-24-9-7-8-20(2)18-24/h7-18,27-29H,6,19H2,1-5H3,(H,37,40). The molecule has 0 bridgehead atoms. The Labute approximate surface area is 280 Å². The number of rotatable bonds is 7. The Morgan fingerprint density at radius 3 is 2.28 bits per heavy atom. The Bertz CT molecular complexity index is 1940. The number of carbonyl (C=O) groups is 4. The van der Waals surface area contributed by atoms with E-state index in [1.165, 1.54) is 21.6 Å². The Kier molecular flexibility index (Phi) is 8.71. The molecule has 6 rings (SSSR count). The highest BCUT2D eigenvalue weighted by Gasteiger charge is 2.56. The van der Waals surface area contributed by atoms with E-state index >= 15 is 0 Å². The zero-order chi connectivity index (χ0) is 33.6. The van der Waals surface area contributed by atoms with Crippen LogP contribution in [0.4, 0.5) is 11.4 Å². The zero-order valence-corrected chi connectivity index (χ0v) is 28.4. The van der Waals surface area contributed by atoms with Crippen LogP contribution < -0.4 is 15.1 Å². The zero-order valence-electron chi connectivity index (χ0n) is 26.7. The number of thioether (sulfide) groups is 1. The molecule has 1 saturated heterocycles. The molecule has 0 spiro atoms. The molecule has 242 valence electrons. The molecule has 0 aliphatic carbocycles. The third-order valence-corrected chi connectivity index (χ3v) is 11.0. The molecule has 1 aromatic heterocycles. The minimum absolute atomic E-state index is 0.0981. The third kappa shape index (κ3) is 6.17. The lowest BCUT2D eigenvalue weighted by Crippen LogP contribution is -2.33. The normalized spacial score (nSPS) is 18.9. The van der Waals surface area contributed by atoms with Crippen molar-refractivity contribution >= 4 is 58.2 Å². The average Bonchev–Trinajstić information content (AvgIpc) is 3.47. The number of esters is 1. The summed E-state index contributed by atoms with van der Waals surface area (Å²) < 4.78 is 6.49. The number of benzene rings is 3. The van der Waals surface area contributed by atoms with Gasteiger partial charge in [-0.2, -0.15) is 0 Å². The van der Waals surface area contributed by atoms with Gasteiger partial charge in [-0.05, 0) is 72.4 Å². The summed E-state index contributed by atoms with van der Waals surface area (Å²) in [6, 6.07) is 21.6. The number of nitrogens with zero attached hydrogens (tertiary/aromatic N) is 2. The fourth-order valence-electron chi connectivity index (χ4n) is 6.09. The van der Waals surface area contributed by atoms with Crippen LogP contribution in [0, 0.1) is 12.8 Å². The summed E-state index contributed by atoms with van der Waals surface area (Å²) in [7, 11) is 0. The minimum atomic E-state index is -0.827. The largest absolute Gasteiger partial charge is 0.462 e. The van der Waals surface area contributed by atoms with Crippen molar-refractivity contribution in [3.05, 3.63) is 110 Å². The molecule has 3 atom stereocenters. The molecule has 11 heteroatoms. The van der Waals surface area contributed by atoms with Crippen molar-refractivity contribution in [3.8, 4) is 0 Å². The highest BCUT2D eigenvalue weighted by atomic mass is 32.2. The number of amides is 3. The molecular formula is C36H35N3O6S2. The van der Waals surface area contributed by atoms with Crippen LogP contribution >= 0.6 is 23.1 Å². The van der Waals surface area contributed by atoms with Crippen LogP contribution in [-0.4, -0.2) is 40.1 Å². The van der Waals surface area contributed by atoms with Crippen molar-refractivity contribution in [2.75, 3.05) is 16.8 Å². The average molecular weight is 670 g/mol. The van der Waals surface area contributed by atoms with Crippen molar-refractivity contribution in [3.63, 3.8) is 0 Å². The van der Waals surface area contributed by atoms with Crippen LogP contribution in [0.15, 0.2) is 82.6 Å². The van der Waals surface area contributed by atoms with E-state index in [2.05, 4.69) is 26.1 Å². The number of thiazole rings is 1. The summed E-state index contributed by atoms with van der Waals surface area (Å²) in [5.41, 5.74) is 4.10. The van der Waals surface area contributed by atoms with E-state index in [9.17, 15) is 24.0 Å². The predicted molar refractivity (Wildman–Crippen MR) is 183 cm³/mol. The van der Waals surface area contributed by atoms with Gasteiger partial charge in [-0.1, -0.05) is 80.3 Å². The summed E-state index contributed by atoms with van der Waals surface area (Å²) in [6.07, 6.45) is 0. The Balaban J connectivity index is 1.39. The Morgan fingerprint density at radius 1 is 0.936 bits per heavy atom. The van der Waals surface area contributed by atoms with Gasteiger partial charge in [-0.25, -0.2) is 9.69 Å². The fraction of sp³-hybridized carbons (Fsp3) is 0.306. The number of aryl methyl sites for hydroxylation is 1. The molecule has 2 aliphatic rings. The number of anilines is 2. The third-order valence-electron chi connectivity index (χ3n) is 8.43. The van der Waals surface area contributed by atoms with Gasteiger partial charge >= 0.3 is 10.8 Å². The highest BCUT2D eigenvalue weighted by molar-refractivity contribution is 8.00. The topological polar surface area (TPSA) is 115 Å². The first-order valence-corrected chi connectivity index (χ1v) is 17.1. The second-order valence-corrected chi connectivity index (χ2v) is 14.9. The van der Waals surface area contributed by atoms with Gasteiger partial charge in [0.15, 0.2) is 0 Å². The van der Waals surface area contributed by atoms with Gasteiger partial charge in [0, 0.05) is 16.5 Å². The van der Waals surface area contributed by atoms with E-state index in [-0.39, 0.29) is 35.3 Å². The second kappa shape index (κ2) is 12.6. The molecule has 3 aromatic carbocycles. The number of aromatic nitrogens is 1. The summed E-state index contributed by atoms with van der Waals surface area (Å²) in [5, 5.41) is 2.56. The van der Waals surface area contributed by atoms with Crippen molar-refractivity contribution in [1.29, 1.82) is 0 Å². The summed E-state index contributed by atoms with van der Waals surface area (Å²) in [4.78, 5) is 68.7. The number of nitrogens with one attached hydrogen (secondary N) is 1. The monoisotopic (exact) mass is 669 g/mol. The Morgan fingerprint density at radius 2 is 1.64 bits per heavy atom. The fourth-order valence-corrected chi connectivity index (χ4v) is 8.86. The van der Waals surface area contributed by atoms with E-state index in [0.717, 1.165) is 39.8 Å². The SMILES string of the molecule is CCOC(=O)c1ccc(N2C(=O)C3Sc4c(sc(=O)n4CC(=O)Nc4cccc(C)c4)C(c4ccc(C(C)(C)C)cc4)C3C2=O)cc1. The minimum Gasteiger partial charge on any atom is -0.462 e. The van der Waals surface area contributed by atoms with E-state index < -0.39 is 29.0 Å². The van der Waals surface area contributed by atoms with Crippen LogP contribution in [0.2, 0.25) is 0 Å². The molecule has 4 aromatic rings. The molecule has 1 fully saturated rings. The quantitative estimate of drug-likeness (QED) is 0.186. The number of ether oxygens (including phenoxy) is 1. The number of fused-ring (bicyclic) bond motifs is 2. The van der Waals surface area contributed by atoms with Gasteiger partial charge in [0.05, 0.1) is 28.8 Å². The molecule has 0 radical (unpaired) electrons. The lowest BCUT2D eigenvalue weighted by molar-refractivity contribution is -0.122. The molecule has 1 N–H and O–H groups in total. The van der Waals surface area contributed by atoms with Crippen molar-refractivity contribution in [2.24, 2.45) is 5.92 Å². The van der Waals surface area contributed by atoms with E-state index in [1.54, 1.807) is 25.1 Å². The second-order valence-electron chi connectivity index (χ2n) is 12.7. The maximum Gasteiger partial charge on any atom is 0.338 e. The summed E-state index contributed by atoms with van der Waals surface area (Å²) >= 11 is 2.18. The lowest BCUT2D eigenvalue weighted by atomic mass is 9.81.